The SMILES string of the molecule is CCC1=C[C@H]2CN(CCc3c([nH]c4ccc(C)cc34)[C@@](C(=O)OC)(c3cc4c(cc3OC)N(C)[C@H]3[C@@](O)(C(=O)OC)[C@H](OC(C)=O)[C@]5(CC)C=CCN6CC[C@]43[C@@H]65)C2)C1. The van der Waals surface area contributed by atoms with E-state index in [2.05, 4.69) is 71.1 Å². The first-order valence-electron chi connectivity index (χ1n) is 21.3. The highest BCUT2D eigenvalue weighted by atomic mass is 16.6. The lowest BCUT2D eigenvalue weighted by Gasteiger charge is -2.63. The van der Waals surface area contributed by atoms with Gasteiger partial charge in [0.25, 0.3) is 0 Å². The Morgan fingerprint density at radius 3 is 2.47 bits per heavy atom. The van der Waals surface area contributed by atoms with Gasteiger partial charge >= 0.3 is 17.9 Å². The molecule has 12 heteroatoms. The minimum Gasteiger partial charge on any atom is -0.496 e. The van der Waals surface area contributed by atoms with Crippen LogP contribution in [-0.2, 0) is 45.8 Å². The summed E-state index contributed by atoms with van der Waals surface area (Å²) in [5, 5.41) is 14.4. The Balaban J connectivity index is 1.38. The second-order valence-corrected chi connectivity index (χ2v) is 18.0. The number of hydrogen-bond acceptors (Lipinski definition) is 11. The van der Waals surface area contributed by atoms with Crippen LogP contribution in [0.4, 0.5) is 5.69 Å². The zero-order valence-electron chi connectivity index (χ0n) is 35.6. The molecule has 9 atom stereocenters. The Bertz CT molecular complexity index is 2320. The van der Waals surface area contributed by atoms with E-state index in [0.717, 1.165) is 71.5 Å². The van der Waals surface area contributed by atoms with Crippen molar-refractivity contribution in [2.45, 2.75) is 94.4 Å². The fourth-order valence-corrected chi connectivity index (χ4v) is 13.2. The maximum absolute atomic E-state index is 15.4. The number of carbonyl (C=O) groups excluding carboxylic acids is 3. The Labute approximate surface area is 346 Å². The smallest absolute Gasteiger partial charge is 0.344 e. The Morgan fingerprint density at radius 2 is 1.78 bits per heavy atom. The molecular formula is C47H58N4O8. The summed E-state index contributed by atoms with van der Waals surface area (Å²) in [4.78, 5) is 53.5. The number of esters is 3. The highest BCUT2D eigenvalue weighted by Crippen LogP contribution is 2.68. The Morgan fingerprint density at radius 1 is 1.00 bits per heavy atom. The Hall–Kier alpha value is -4.65. The van der Waals surface area contributed by atoms with Crippen LogP contribution in [0, 0.1) is 18.3 Å². The molecule has 1 spiro atoms. The van der Waals surface area contributed by atoms with Crippen LogP contribution < -0.4 is 9.64 Å². The van der Waals surface area contributed by atoms with Gasteiger partial charge in [0.2, 0.25) is 5.60 Å². The van der Waals surface area contributed by atoms with Gasteiger partial charge in [0.1, 0.15) is 11.2 Å². The molecule has 59 heavy (non-hydrogen) atoms. The number of anilines is 1. The van der Waals surface area contributed by atoms with Crippen molar-refractivity contribution in [1.29, 1.82) is 0 Å². The van der Waals surface area contributed by atoms with E-state index in [4.69, 9.17) is 18.9 Å². The first-order valence-corrected chi connectivity index (χ1v) is 21.3. The van der Waals surface area contributed by atoms with Gasteiger partial charge in [-0.15, -0.1) is 0 Å². The predicted molar refractivity (Wildman–Crippen MR) is 224 cm³/mol. The molecule has 0 radical (unpaired) electrons. The minimum absolute atomic E-state index is 0.0187. The summed E-state index contributed by atoms with van der Waals surface area (Å²) in [5.41, 5.74) is 2.25. The van der Waals surface area contributed by atoms with Gasteiger partial charge in [0.05, 0.1) is 27.4 Å². The largest absolute Gasteiger partial charge is 0.496 e. The van der Waals surface area contributed by atoms with Crippen molar-refractivity contribution < 1.29 is 38.4 Å². The lowest BCUT2D eigenvalue weighted by Crippen LogP contribution is -2.81. The van der Waals surface area contributed by atoms with Crippen LogP contribution in [-0.4, -0.2) is 123 Å². The molecule has 314 valence electrons. The standard InChI is InChI=1S/C47H58N4O8/c1-9-29-21-30-24-46(42(53)57-7,38-31(14-18-50(25-29)26-30)32-20-27(3)12-13-35(32)48-38)34-22-33-36(23-37(34)56-6)49(5)40-45(33)16-19-51-17-11-15-44(10-2,39(45)51)41(59-28(4)52)47(40,55)43(54)58-8/h11-13,15,20-23,30,39-41,48,55H,9-10,14,16-19,24-26H2,1-8H3/t30-,39+,40-,41-,44-,45-,46+,47+/m1/s1. The van der Waals surface area contributed by atoms with Gasteiger partial charge in [-0.05, 0) is 80.8 Å². The number of fused-ring (bicyclic) bond motifs is 6. The number of hydrogen-bond donors (Lipinski definition) is 2. The fraction of sp³-hybridized carbons (Fsp3) is 0.553. The van der Waals surface area contributed by atoms with E-state index in [1.54, 1.807) is 7.11 Å². The monoisotopic (exact) mass is 806 g/mol. The maximum atomic E-state index is 15.4. The normalized spacial score (nSPS) is 34.4. The van der Waals surface area contributed by atoms with Gasteiger partial charge in [-0.1, -0.05) is 49.3 Å². The molecule has 2 fully saturated rings. The molecule has 1 saturated carbocycles. The second kappa shape index (κ2) is 14.0. The van der Waals surface area contributed by atoms with Crippen LogP contribution in [0.1, 0.15) is 74.4 Å². The van der Waals surface area contributed by atoms with E-state index in [0.29, 0.717) is 43.7 Å². The van der Waals surface area contributed by atoms with Crippen molar-refractivity contribution in [2.24, 2.45) is 11.3 Å². The van der Waals surface area contributed by atoms with Crippen LogP contribution in [0.25, 0.3) is 10.9 Å². The maximum Gasteiger partial charge on any atom is 0.344 e. The number of benzene rings is 2. The number of aryl methyl sites for hydroxylation is 1. The van der Waals surface area contributed by atoms with E-state index >= 15 is 4.79 Å². The molecule has 6 heterocycles. The van der Waals surface area contributed by atoms with Crippen molar-refractivity contribution in [1.82, 2.24) is 14.8 Å². The summed E-state index contributed by atoms with van der Waals surface area (Å²) < 4.78 is 24.0. The van der Waals surface area contributed by atoms with Crippen LogP contribution in [0.2, 0.25) is 0 Å². The molecule has 0 amide bonds. The van der Waals surface area contributed by atoms with Crippen LogP contribution in [0.15, 0.2) is 54.1 Å². The number of likely N-dealkylation sites (N-methyl/N-ethyl adjacent to an activating group) is 1. The second-order valence-electron chi connectivity index (χ2n) is 18.0. The van der Waals surface area contributed by atoms with Crippen LogP contribution in [0.5, 0.6) is 5.75 Å². The number of rotatable bonds is 7. The zero-order valence-corrected chi connectivity index (χ0v) is 35.6. The quantitative estimate of drug-likeness (QED) is 0.188. The zero-order chi connectivity index (χ0) is 41.8. The summed E-state index contributed by atoms with van der Waals surface area (Å²) in [6.07, 6.45) is 8.43. The van der Waals surface area contributed by atoms with Gasteiger partial charge < -0.3 is 33.9 Å². The molecule has 1 aliphatic carbocycles. The summed E-state index contributed by atoms with van der Waals surface area (Å²) in [6.45, 7) is 11.5. The van der Waals surface area contributed by atoms with E-state index in [1.807, 2.05) is 24.9 Å². The molecule has 1 aromatic heterocycles. The number of aliphatic hydroxyl groups is 1. The highest BCUT2D eigenvalue weighted by molar-refractivity contribution is 5.95. The van der Waals surface area contributed by atoms with Crippen molar-refractivity contribution in [3.05, 3.63) is 82.1 Å². The summed E-state index contributed by atoms with van der Waals surface area (Å²) in [7, 11) is 6.26. The minimum atomic E-state index is -2.28. The van der Waals surface area contributed by atoms with Crippen molar-refractivity contribution >= 4 is 34.5 Å². The van der Waals surface area contributed by atoms with Crippen LogP contribution >= 0.6 is 0 Å². The van der Waals surface area contributed by atoms with Crippen molar-refractivity contribution in [3.63, 3.8) is 0 Å². The number of methoxy groups -OCH3 is 3. The third-order valence-corrected chi connectivity index (χ3v) is 15.3. The fourth-order valence-electron chi connectivity index (χ4n) is 13.2. The van der Waals surface area contributed by atoms with Gasteiger partial charge in [-0.3, -0.25) is 19.4 Å². The van der Waals surface area contributed by atoms with Gasteiger partial charge in [0.15, 0.2) is 6.10 Å². The van der Waals surface area contributed by atoms with E-state index in [1.165, 1.54) is 26.7 Å². The molecule has 2 N–H and O–H groups in total. The third-order valence-electron chi connectivity index (χ3n) is 15.3. The van der Waals surface area contributed by atoms with Gasteiger partial charge in [0, 0.05) is 90.9 Å². The molecule has 1 unspecified atom stereocenters. The van der Waals surface area contributed by atoms with Crippen molar-refractivity contribution in [3.8, 4) is 5.75 Å². The summed E-state index contributed by atoms with van der Waals surface area (Å²) >= 11 is 0. The molecule has 3 aromatic rings. The van der Waals surface area contributed by atoms with Gasteiger partial charge in [-0.25, -0.2) is 4.79 Å². The number of aromatic nitrogens is 1. The number of nitrogens with one attached hydrogen (secondary N) is 1. The van der Waals surface area contributed by atoms with Crippen LogP contribution in [0.3, 0.4) is 0 Å². The predicted octanol–water partition coefficient (Wildman–Crippen LogP) is 5.10. The number of carbonyl (C=O) groups is 3. The van der Waals surface area contributed by atoms with Gasteiger partial charge in [-0.2, -0.15) is 0 Å². The highest BCUT2D eigenvalue weighted by Gasteiger charge is 2.80. The first-order chi connectivity index (χ1) is 28.3. The molecular weight excluding hydrogens is 749 g/mol. The number of aromatic amines is 1. The van der Waals surface area contributed by atoms with E-state index in [-0.39, 0.29) is 17.9 Å². The van der Waals surface area contributed by atoms with E-state index < -0.39 is 45.9 Å². The number of ether oxygens (including phenoxy) is 4. The number of H-pyrrole nitrogens is 1. The molecule has 1 saturated heterocycles. The first kappa shape index (κ1) is 39.8. The molecule has 12 nitrogen and oxygen atoms in total. The Kier molecular flexibility index (Phi) is 9.41. The molecule has 6 aliphatic rings. The molecule has 2 aromatic carbocycles. The molecule has 2 bridgehead atoms. The molecule has 5 aliphatic heterocycles. The number of nitrogens with zero attached hydrogens (tertiary/aromatic N) is 3. The summed E-state index contributed by atoms with van der Waals surface area (Å²) in [5.74, 6) is -1.31. The van der Waals surface area contributed by atoms with Crippen molar-refractivity contribution in [2.75, 3.05) is 66.0 Å². The lowest BCUT2D eigenvalue weighted by atomic mass is 9.47. The third kappa shape index (κ3) is 5.21. The molecule has 9 rings (SSSR count). The average molecular weight is 807 g/mol. The topological polar surface area (TPSA) is 134 Å². The average Bonchev–Trinajstić information content (AvgIpc) is 3.89. The lowest BCUT2D eigenvalue weighted by molar-refractivity contribution is -0.228. The summed E-state index contributed by atoms with van der Waals surface area (Å²) in [6, 6.07) is 9.36. The van der Waals surface area contributed by atoms with E-state index in [9.17, 15) is 14.7 Å².